The lowest BCUT2D eigenvalue weighted by Gasteiger charge is -2.57. The van der Waals surface area contributed by atoms with Crippen molar-refractivity contribution in [1.82, 2.24) is 0 Å². The molecule has 0 heterocycles. The van der Waals surface area contributed by atoms with E-state index in [4.69, 9.17) is 9.84 Å². The van der Waals surface area contributed by atoms with Crippen LogP contribution in [-0.2, 0) is 10.2 Å². The van der Waals surface area contributed by atoms with Crippen molar-refractivity contribution in [2.24, 2.45) is 17.8 Å². The van der Waals surface area contributed by atoms with Crippen molar-refractivity contribution >= 4 is 22.7 Å². The van der Waals surface area contributed by atoms with Crippen molar-refractivity contribution in [1.29, 1.82) is 0 Å². The zero-order valence-electron chi connectivity index (χ0n) is 21.1. The molecule has 4 fully saturated rings. The summed E-state index contributed by atoms with van der Waals surface area (Å²) in [4.78, 5) is 22.8. The smallest absolute Gasteiger partial charge is 0.336 e. The van der Waals surface area contributed by atoms with Crippen LogP contribution >= 0.6 is 0 Å². The average molecular weight is 499 g/mol. The highest BCUT2D eigenvalue weighted by Gasteiger charge is 2.52. The molecule has 0 atom stereocenters. The zero-order chi connectivity index (χ0) is 25.6. The van der Waals surface area contributed by atoms with E-state index in [1.54, 1.807) is 12.1 Å². The third-order valence-corrected chi connectivity index (χ3v) is 9.06. The Hall–Kier alpha value is -3.34. The van der Waals surface area contributed by atoms with E-state index < -0.39 is 11.9 Å². The van der Waals surface area contributed by atoms with E-state index in [2.05, 4.69) is 24.3 Å². The lowest BCUT2D eigenvalue weighted by Crippen LogP contribution is -2.48. The molecule has 4 saturated carbocycles. The molecule has 0 radical (unpaired) electrons. The van der Waals surface area contributed by atoms with Crippen molar-refractivity contribution in [2.75, 3.05) is 6.61 Å². The van der Waals surface area contributed by atoms with Gasteiger partial charge in [0.2, 0.25) is 0 Å². The molecule has 0 amide bonds. The quantitative estimate of drug-likeness (QED) is 0.302. The first-order valence-electron chi connectivity index (χ1n) is 13.7. The number of aliphatic carboxylic acids is 1. The van der Waals surface area contributed by atoms with Crippen LogP contribution in [0.25, 0.3) is 21.9 Å². The predicted molar refractivity (Wildman–Crippen MR) is 143 cm³/mol. The molecule has 4 aliphatic carbocycles. The number of ether oxygens (including phenoxy) is 1. The fraction of sp³-hybridized carbons (Fsp3) is 0.438. The van der Waals surface area contributed by atoms with Crippen molar-refractivity contribution in [2.45, 2.75) is 63.2 Å². The Morgan fingerprint density at radius 3 is 2.22 bits per heavy atom. The fourth-order valence-corrected chi connectivity index (χ4v) is 7.90. The second kappa shape index (κ2) is 9.51. The van der Waals surface area contributed by atoms with Crippen LogP contribution in [0.1, 0.15) is 73.7 Å². The first-order chi connectivity index (χ1) is 17.9. The molecular formula is C32H34O5. The first kappa shape index (κ1) is 24.0. The van der Waals surface area contributed by atoms with Gasteiger partial charge < -0.3 is 14.9 Å². The monoisotopic (exact) mass is 498 g/mol. The van der Waals surface area contributed by atoms with E-state index in [9.17, 15) is 14.7 Å². The minimum Gasteiger partial charge on any atom is -0.493 e. The largest absolute Gasteiger partial charge is 0.493 e. The maximum absolute atomic E-state index is 11.9. The summed E-state index contributed by atoms with van der Waals surface area (Å²) in [5.41, 5.74) is 3.40. The third-order valence-electron chi connectivity index (χ3n) is 9.06. The number of aromatic carboxylic acids is 1. The Morgan fingerprint density at radius 2 is 1.54 bits per heavy atom. The van der Waals surface area contributed by atoms with E-state index in [0.29, 0.717) is 18.6 Å². The number of carboxylic acid groups (broad SMARTS) is 2. The number of hydrogen-bond donors (Lipinski definition) is 2. The summed E-state index contributed by atoms with van der Waals surface area (Å²) >= 11 is 0. The van der Waals surface area contributed by atoms with Gasteiger partial charge in [0, 0.05) is 12.0 Å². The van der Waals surface area contributed by atoms with E-state index >= 15 is 0 Å². The molecular weight excluding hydrogens is 464 g/mol. The van der Waals surface area contributed by atoms with Gasteiger partial charge in [-0.3, -0.25) is 4.79 Å². The topological polar surface area (TPSA) is 83.8 Å². The Kier molecular flexibility index (Phi) is 6.18. The number of unbranched alkanes of at least 4 members (excludes halogenated alkanes) is 1. The predicted octanol–water partition coefficient (Wildman–Crippen LogP) is 7.31. The van der Waals surface area contributed by atoms with Crippen LogP contribution in [0.3, 0.4) is 0 Å². The van der Waals surface area contributed by atoms with E-state index in [-0.39, 0.29) is 11.8 Å². The highest BCUT2D eigenvalue weighted by atomic mass is 16.5. The third kappa shape index (κ3) is 4.60. The number of rotatable bonds is 9. The minimum atomic E-state index is -0.920. The zero-order valence-corrected chi connectivity index (χ0v) is 21.1. The maximum atomic E-state index is 11.9. The summed E-state index contributed by atoms with van der Waals surface area (Å²) in [7, 11) is 0. The van der Waals surface area contributed by atoms with Crippen molar-refractivity contribution in [3.05, 3.63) is 65.7 Å². The standard InChI is InChI=1S/C32H34O5/c33-30(34)7-3-4-10-37-29-16-23-8-9-24(26-5-1-2-6-27(26)31(35)36)14-25(23)15-28(29)32-17-20-11-21(18-32)13-22(12-20)19-32/h1-2,5-6,8-9,14-16,20-22H,3-4,7,10-13,17-19H2,(H,33,34)(H,35,36). The number of benzene rings is 3. The molecule has 3 aromatic carbocycles. The second-order valence-corrected chi connectivity index (χ2v) is 11.7. The van der Waals surface area contributed by atoms with Crippen molar-refractivity contribution < 1.29 is 24.5 Å². The summed E-state index contributed by atoms with van der Waals surface area (Å²) in [5.74, 6) is 1.68. The fourth-order valence-electron chi connectivity index (χ4n) is 7.90. The van der Waals surface area contributed by atoms with E-state index in [1.165, 1.54) is 44.1 Å². The van der Waals surface area contributed by atoms with Crippen LogP contribution in [0.4, 0.5) is 0 Å². The van der Waals surface area contributed by atoms with Crippen LogP contribution in [0.15, 0.2) is 54.6 Å². The summed E-state index contributed by atoms with van der Waals surface area (Å²) in [6.07, 6.45) is 9.28. The lowest BCUT2D eigenvalue weighted by atomic mass is 9.48. The molecule has 0 saturated heterocycles. The van der Waals surface area contributed by atoms with Crippen molar-refractivity contribution in [3.8, 4) is 16.9 Å². The molecule has 4 bridgehead atoms. The summed E-state index contributed by atoms with van der Waals surface area (Å²) in [5, 5.41) is 20.9. The molecule has 0 spiro atoms. The van der Waals surface area contributed by atoms with Gasteiger partial charge in [-0.25, -0.2) is 4.79 Å². The van der Waals surface area contributed by atoms with Gasteiger partial charge in [0.05, 0.1) is 12.2 Å². The normalized spacial score (nSPS) is 25.9. The van der Waals surface area contributed by atoms with Crippen LogP contribution in [-0.4, -0.2) is 28.8 Å². The Morgan fingerprint density at radius 1 is 0.838 bits per heavy atom. The molecule has 37 heavy (non-hydrogen) atoms. The Labute approximate surface area is 217 Å². The number of carbonyl (C=O) groups is 2. The lowest BCUT2D eigenvalue weighted by molar-refractivity contribution is -0.137. The maximum Gasteiger partial charge on any atom is 0.336 e. The highest BCUT2D eigenvalue weighted by Crippen LogP contribution is 2.62. The highest BCUT2D eigenvalue weighted by molar-refractivity contribution is 5.98. The molecule has 5 heteroatoms. The Balaban J connectivity index is 1.40. The first-order valence-corrected chi connectivity index (χ1v) is 13.7. The summed E-state index contributed by atoms with van der Waals surface area (Å²) in [6.45, 7) is 0.516. The second-order valence-electron chi connectivity index (χ2n) is 11.7. The molecule has 0 aliphatic heterocycles. The summed E-state index contributed by atoms with van der Waals surface area (Å²) < 4.78 is 6.41. The van der Waals surface area contributed by atoms with Gasteiger partial charge >= 0.3 is 11.9 Å². The van der Waals surface area contributed by atoms with Crippen LogP contribution in [0, 0.1) is 17.8 Å². The van der Waals surface area contributed by atoms with Gasteiger partial charge in [0.1, 0.15) is 5.75 Å². The van der Waals surface area contributed by atoms with Gasteiger partial charge in [-0.05, 0) is 121 Å². The van der Waals surface area contributed by atoms with Crippen LogP contribution < -0.4 is 4.74 Å². The molecule has 5 nitrogen and oxygen atoms in total. The van der Waals surface area contributed by atoms with Crippen LogP contribution in [0.5, 0.6) is 5.75 Å². The van der Waals surface area contributed by atoms with E-state index in [1.807, 2.05) is 18.2 Å². The van der Waals surface area contributed by atoms with Gasteiger partial charge in [-0.2, -0.15) is 0 Å². The molecule has 2 N–H and O–H groups in total. The van der Waals surface area contributed by atoms with Gasteiger partial charge in [-0.1, -0.05) is 30.3 Å². The van der Waals surface area contributed by atoms with Crippen molar-refractivity contribution in [3.63, 3.8) is 0 Å². The average Bonchev–Trinajstić information content (AvgIpc) is 2.86. The number of hydrogen-bond acceptors (Lipinski definition) is 3. The van der Waals surface area contributed by atoms with E-state index in [0.717, 1.165) is 51.8 Å². The molecule has 0 aromatic heterocycles. The number of fused-ring (bicyclic) bond motifs is 1. The minimum absolute atomic E-state index is 0.147. The molecule has 192 valence electrons. The summed E-state index contributed by atoms with van der Waals surface area (Å²) in [6, 6.07) is 17.8. The van der Waals surface area contributed by atoms with Crippen LogP contribution in [0.2, 0.25) is 0 Å². The van der Waals surface area contributed by atoms with Gasteiger partial charge in [0.15, 0.2) is 0 Å². The number of carboxylic acids is 2. The molecule has 0 unspecified atom stereocenters. The Bertz CT molecular complexity index is 1320. The SMILES string of the molecule is O=C(O)CCCCOc1cc2ccc(-c3ccccc3C(=O)O)cc2cc1C12CC3CC(CC(C3)C1)C2. The molecule has 3 aromatic rings. The van der Waals surface area contributed by atoms with Gasteiger partial charge in [0.25, 0.3) is 0 Å². The van der Waals surface area contributed by atoms with Gasteiger partial charge in [-0.15, -0.1) is 0 Å². The molecule has 4 aliphatic rings. The molecule has 7 rings (SSSR count).